The Kier molecular flexibility index (Phi) is 5.61. The summed E-state index contributed by atoms with van der Waals surface area (Å²) in [5.41, 5.74) is 1.25. The SMILES string of the molecule is C=CC(C)Cc1cc(Br)ccc1OCCC. The molecule has 0 aliphatic carbocycles. The van der Waals surface area contributed by atoms with Crippen LogP contribution in [-0.4, -0.2) is 6.61 Å². The van der Waals surface area contributed by atoms with Crippen molar-refractivity contribution in [1.29, 1.82) is 0 Å². The molecular formula is C14H19BrO. The van der Waals surface area contributed by atoms with Gasteiger partial charge in [-0.25, -0.2) is 0 Å². The second-order valence-corrected chi connectivity index (χ2v) is 4.93. The Hall–Kier alpha value is -0.760. The first-order valence-corrected chi connectivity index (χ1v) is 6.50. The van der Waals surface area contributed by atoms with Gasteiger partial charge in [-0.2, -0.15) is 0 Å². The number of benzene rings is 1. The minimum atomic E-state index is 0.471. The first-order valence-electron chi connectivity index (χ1n) is 5.71. The van der Waals surface area contributed by atoms with Crippen LogP contribution in [0.15, 0.2) is 35.3 Å². The number of ether oxygens (including phenoxy) is 1. The molecule has 1 aromatic rings. The van der Waals surface area contributed by atoms with Crippen LogP contribution in [0.5, 0.6) is 5.75 Å². The van der Waals surface area contributed by atoms with E-state index in [4.69, 9.17) is 4.74 Å². The van der Waals surface area contributed by atoms with Crippen molar-refractivity contribution in [2.45, 2.75) is 26.7 Å². The molecular weight excluding hydrogens is 264 g/mol. The molecule has 0 aliphatic heterocycles. The maximum atomic E-state index is 5.73. The number of halogens is 1. The molecule has 0 spiro atoms. The zero-order valence-corrected chi connectivity index (χ0v) is 11.6. The van der Waals surface area contributed by atoms with Crippen LogP contribution in [0.25, 0.3) is 0 Å². The van der Waals surface area contributed by atoms with Gasteiger partial charge in [0.1, 0.15) is 5.75 Å². The minimum absolute atomic E-state index is 0.471. The number of hydrogen-bond acceptors (Lipinski definition) is 1. The molecule has 1 unspecified atom stereocenters. The predicted molar refractivity (Wildman–Crippen MR) is 73.0 cm³/mol. The molecule has 0 bridgehead atoms. The standard InChI is InChI=1S/C14H19BrO/c1-4-8-16-14-7-6-13(15)10-12(14)9-11(3)5-2/h5-7,10-11H,2,4,8-9H2,1,3H3. The van der Waals surface area contributed by atoms with Crippen LogP contribution in [0, 0.1) is 5.92 Å². The largest absolute Gasteiger partial charge is 0.493 e. The van der Waals surface area contributed by atoms with Crippen LogP contribution in [0.3, 0.4) is 0 Å². The lowest BCUT2D eigenvalue weighted by Crippen LogP contribution is -2.02. The van der Waals surface area contributed by atoms with Crippen molar-refractivity contribution in [2.75, 3.05) is 6.61 Å². The van der Waals surface area contributed by atoms with Crippen LogP contribution in [0.4, 0.5) is 0 Å². The van der Waals surface area contributed by atoms with Gasteiger partial charge in [-0.15, -0.1) is 6.58 Å². The van der Waals surface area contributed by atoms with Gasteiger partial charge >= 0.3 is 0 Å². The summed E-state index contributed by atoms with van der Waals surface area (Å²) in [7, 11) is 0. The van der Waals surface area contributed by atoms with E-state index in [9.17, 15) is 0 Å². The molecule has 0 aliphatic rings. The van der Waals surface area contributed by atoms with Crippen LogP contribution in [0.1, 0.15) is 25.8 Å². The molecule has 2 heteroatoms. The molecule has 1 aromatic carbocycles. The summed E-state index contributed by atoms with van der Waals surface area (Å²) >= 11 is 3.49. The van der Waals surface area contributed by atoms with Crippen molar-refractivity contribution in [3.8, 4) is 5.75 Å². The summed E-state index contributed by atoms with van der Waals surface area (Å²) in [5.74, 6) is 1.47. The summed E-state index contributed by atoms with van der Waals surface area (Å²) in [6, 6.07) is 6.18. The Morgan fingerprint density at radius 2 is 2.25 bits per heavy atom. The highest BCUT2D eigenvalue weighted by atomic mass is 79.9. The second kappa shape index (κ2) is 6.74. The fourth-order valence-electron chi connectivity index (χ4n) is 1.49. The van der Waals surface area contributed by atoms with Crippen LogP contribution in [-0.2, 0) is 6.42 Å². The van der Waals surface area contributed by atoms with E-state index in [1.807, 2.05) is 18.2 Å². The Morgan fingerprint density at radius 3 is 2.88 bits per heavy atom. The number of hydrogen-bond donors (Lipinski definition) is 0. The molecule has 0 N–H and O–H groups in total. The summed E-state index contributed by atoms with van der Waals surface area (Å²) < 4.78 is 6.83. The molecule has 88 valence electrons. The van der Waals surface area contributed by atoms with Gasteiger partial charge in [0.05, 0.1) is 6.61 Å². The second-order valence-electron chi connectivity index (χ2n) is 4.02. The molecule has 0 saturated heterocycles. The van der Waals surface area contributed by atoms with E-state index in [1.54, 1.807) is 0 Å². The van der Waals surface area contributed by atoms with E-state index in [-0.39, 0.29) is 0 Å². The quantitative estimate of drug-likeness (QED) is 0.693. The highest BCUT2D eigenvalue weighted by Crippen LogP contribution is 2.26. The molecule has 16 heavy (non-hydrogen) atoms. The van der Waals surface area contributed by atoms with Gasteiger partial charge in [-0.1, -0.05) is 35.9 Å². The van der Waals surface area contributed by atoms with Gasteiger partial charge in [-0.05, 0) is 42.5 Å². The minimum Gasteiger partial charge on any atom is -0.493 e. The maximum absolute atomic E-state index is 5.73. The fourth-order valence-corrected chi connectivity index (χ4v) is 1.90. The van der Waals surface area contributed by atoms with Gasteiger partial charge in [0.2, 0.25) is 0 Å². The first-order chi connectivity index (χ1) is 7.67. The maximum Gasteiger partial charge on any atom is 0.122 e. The zero-order chi connectivity index (χ0) is 12.0. The Morgan fingerprint density at radius 1 is 1.50 bits per heavy atom. The van der Waals surface area contributed by atoms with Crippen molar-refractivity contribution in [3.05, 3.63) is 40.9 Å². The monoisotopic (exact) mass is 282 g/mol. The predicted octanol–water partition coefficient (Wildman–Crippen LogP) is 4.60. The molecule has 0 aromatic heterocycles. The van der Waals surface area contributed by atoms with Crippen molar-refractivity contribution in [3.63, 3.8) is 0 Å². The Bertz CT molecular complexity index is 347. The van der Waals surface area contributed by atoms with Gasteiger partial charge in [0.25, 0.3) is 0 Å². The van der Waals surface area contributed by atoms with E-state index in [0.717, 1.165) is 29.7 Å². The van der Waals surface area contributed by atoms with Crippen LogP contribution < -0.4 is 4.74 Å². The molecule has 0 radical (unpaired) electrons. The zero-order valence-electron chi connectivity index (χ0n) is 10.0. The molecule has 1 atom stereocenters. The number of allylic oxidation sites excluding steroid dienone is 1. The van der Waals surface area contributed by atoms with E-state index in [2.05, 4.69) is 42.4 Å². The third kappa shape index (κ3) is 4.01. The molecule has 1 nitrogen and oxygen atoms in total. The number of rotatable bonds is 6. The summed E-state index contributed by atoms with van der Waals surface area (Å²) in [6.07, 6.45) is 3.99. The lowest BCUT2D eigenvalue weighted by molar-refractivity contribution is 0.313. The van der Waals surface area contributed by atoms with E-state index in [1.165, 1.54) is 5.56 Å². The van der Waals surface area contributed by atoms with Crippen molar-refractivity contribution < 1.29 is 4.74 Å². The van der Waals surface area contributed by atoms with Crippen LogP contribution >= 0.6 is 15.9 Å². The lowest BCUT2D eigenvalue weighted by atomic mass is 10.0. The van der Waals surface area contributed by atoms with Crippen LogP contribution in [0.2, 0.25) is 0 Å². The average molecular weight is 283 g/mol. The van der Waals surface area contributed by atoms with Gasteiger partial charge in [0, 0.05) is 4.47 Å². The van der Waals surface area contributed by atoms with E-state index in [0.29, 0.717) is 5.92 Å². The highest BCUT2D eigenvalue weighted by molar-refractivity contribution is 9.10. The van der Waals surface area contributed by atoms with E-state index >= 15 is 0 Å². The topological polar surface area (TPSA) is 9.23 Å². The normalized spacial score (nSPS) is 12.2. The third-order valence-corrected chi connectivity index (χ3v) is 2.92. The average Bonchev–Trinajstić information content (AvgIpc) is 2.28. The molecule has 1 rings (SSSR count). The smallest absolute Gasteiger partial charge is 0.122 e. The molecule has 0 fully saturated rings. The van der Waals surface area contributed by atoms with Gasteiger partial charge < -0.3 is 4.74 Å². The van der Waals surface area contributed by atoms with Crippen molar-refractivity contribution in [2.24, 2.45) is 5.92 Å². The van der Waals surface area contributed by atoms with Crippen molar-refractivity contribution >= 4 is 15.9 Å². The Balaban J connectivity index is 2.84. The van der Waals surface area contributed by atoms with E-state index < -0.39 is 0 Å². The summed E-state index contributed by atoms with van der Waals surface area (Å²) in [4.78, 5) is 0. The highest BCUT2D eigenvalue weighted by Gasteiger charge is 2.07. The van der Waals surface area contributed by atoms with Crippen molar-refractivity contribution in [1.82, 2.24) is 0 Å². The first kappa shape index (κ1) is 13.3. The lowest BCUT2D eigenvalue weighted by Gasteiger charge is -2.13. The van der Waals surface area contributed by atoms with Gasteiger partial charge in [0.15, 0.2) is 0 Å². The third-order valence-electron chi connectivity index (χ3n) is 2.43. The van der Waals surface area contributed by atoms with Gasteiger partial charge in [-0.3, -0.25) is 0 Å². The molecule has 0 heterocycles. The summed E-state index contributed by atoms with van der Waals surface area (Å²) in [6.45, 7) is 8.87. The Labute approximate surface area is 107 Å². The fraction of sp³-hybridized carbons (Fsp3) is 0.429. The summed E-state index contributed by atoms with van der Waals surface area (Å²) in [5, 5.41) is 0. The molecule has 0 amide bonds. The molecule has 0 saturated carbocycles.